The summed E-state index contributed by atoms with van der Waals surface area (Å²) >= 11 is 3.37. The molecule has 0 spiro atoms. The van der Waals surface area contributed by atoms with E-state index in [4.69, 9.17) is 0 Å². The first-order valence-electron chi connectivity index (χ1n) is 10.9. The van der Waals surface area contributed by atoms with Crippen molar-refractivity contribution in [3.05, 3.63) is 64.6 Å². The molecular weight excluding hydrogens is 506 g/mol. The highest BCUT2D eigenvalue weighted by molar-refractivity contribution is 9.10. The predicted molar refractivity (Wildman–Crippen MR) is 135 cm³/mol. The number of anilines is 1. The molecule has 0 aliphatic carbocycles. The summed E-state index contributed by atoms with van der Waals surface area (Å²) in [5.41, 5.74) is 1.22. The van der Waals surface area contributed by atoms with Gasteiger partial charge in [-0.1, -0.05) is 63.2 Å². The van der Waals surface area contributed by atoms with E-state index in [1.54, 1.807) is 24.3 Å². The summed E-state index contributed by atoms with van der Waals surface area (Å²) in [5, 5.41) is 2.91. The smallest absolute Gasteiger partial charge is 0.244 e. The van der Waals surface area contributed by atoms with Crippen LogP contribution in [0.2, 0.25) is 0 Å². The molecule has 0 unspecified atom stereocenters. The average molecular weight is 539 g/mol. The van der Waals surface area contributed by atoms with Crippen molar-refractivity contribution in [3.8, 4) is 0 Å². The first kappa shape index (κ1) is 26.9. The van der Waals surface area contributed by atoms with E-state index in [9.17, 15) is 18.0 Å². The molecule has 2 amide bonds. The topological polar surface area (TPSA) is 86.8 Å². The average Bonchev–Trinajstić information content (AvgIpc) is 2.76. The van der Waals surface area contributed by atoms with Gasteiger partial charge in [0.05, 0.1) is 11.9 Å². The normalized spacial score (nSPS) is 12.3. The third-order valence-corrected chi connectivity index (χ3v) is 6.86. The molecule has 0 saturated heterocycles. The quantitative estimate of drug-likeness (QED) is 0.472. The molecule has 0 saturated carbocycles. The van der Waals surface area contributed by atoms with Crippen molar-refractivity contribution in [1.29, 1.82) is 0 Å². The lowest BCUT2D eigenvalue weighted by Crippen LogP contribution is -2.52. The number of nitrogens with one attached hydrogen (secondary N) is 1. The highest BCUT2D eigenvalue weighted by atomic mass is 79.9. The zero-order chi connectivity index (χ0) is 24.6. The van der Waals surface area contributed by atoms with Gasteiger partial charge in [0.25, 0.3) is 0 Å². The van der Waals surface area contributed by atoms with Crippen LogP contribution in [0.1, 0.15) is 32.8 Å². The molecule has 0 radical (unpaired) electrons. The molecule has 2 aromatic carbocycles. The SMILES string of the molecule is CC[C@@H](C(=O)NCC(C)C)N(Cc1ccccc1)C(=O)CN(c1ccccc1Br)S(C)(=O)=O. The van der Waals surface area contributed by atoms with Crippen LogP contribution < -0.4 is 9.62 Å². The Morgan fingerprint density at radius 2 is 1.64 bits per heavy atom. The zero-order valence-electron chi connectivity index (χ0n) is 19.5. The lowest BCUT2D eigenvalue weighted by atomic mass is 10.1. The number of hydrogen-bond donors (Lipinski definition) is 1. The Morgan fingerprint density at radius 3 is 2.18 bits per heavy atom. The van der Waals surface area contributed by atoms with Gasteiger partial charge < -0.3 is 10.2 Å². The number of hydrogen-bond acceptors (Lipinski definition) is 4. The number of sulfonamides is 1. The van der Waals surface area contributed by atoms with Gasteiger partial charge in [-0.15, -0.1) is 0 Å². The van der Waals surface area contributed by atoms with Gasteiger partial charge in [-0.2, -0.15) is 0 Å². The van der Waals surface area contributed by atoms with Crippen LogP contribution in [0.4, 0.5) is 5.69 Å². The number of para-hydroxylation sites is 1. The molecule has 7 nitrogen and oxygen atoms in total. The predicted octanol–water partition coefficient (Wildman–Crippen LogP) is 3.79. The standard InChI is InChI=1S/C24H32BrN3O4S/c1-5-21(24(30)26-15-18(2)3)27(16-19-11-7-6-8-12-19)23(29)17-28(33(4,31)32)22-14-10-9-13-20(22)25/h6-14,18,21H,5,15-17H2,1-4H3,(H,26,30)/t21-/m0/s1. The maximum atomic E-state index is 13.6. The highest BCUT2D eigenvalue weighted by Gasteiger charge is 2.32. The molecule has 0 aliphatic heterocycles. The van der Waals surface area contributed by atoms with E-state index in [1.807, 2.05) is 51.1 Å². The van der Waals surface area contributed by atoms with Crippen molar-refractivity contribution in [2.45, 2.75) is 39.8 Å². The molecule has 180 valence electrons. The number of carbonyl (C=O) groups excluding carboxylic acids is 2. The van der Waals surface area contributed by atoms with Gasteiger partial charge in [0.2, 0.25) is 21.8 Å². The van der Waals surface area contributed by atoms with Crippen LogP contribution in [0, 0.1) is 5.92 Å². The van der Waals surface area contributed by atoms with Crippen LogP contribution in [0.3, 0.4) is 0 Å². The largest absolute Gasteiger partial charge is 0.354 e. The molecule has 0 aliphatic rings. The summed E-state index contributed by atoms with van der Waals surface area (Å²) in [6.07, 6.45) is 1.46. The summed E-state index contributed by atoms with van der Waals surface area (Å²) in [7, 11) is -3.76. The molecule has 2 rings (SSSR count). The molecule has 0 fully saturated rings. The van der Waals surface area contributed by atoms with E-state index < -0.39 is 28.5 Å². The Labute approximate surface area is 205 Å². The number of rotatable bonds is 11. The zero-order valence-corrected chi connectivity index (χ0v) is 21.9. The number of carbonyl (C=O) groups is 2. The summed E-state index contributed by atoms with van der Waals surface area (Å²) in [6.45, 7) is 6.11. The molecule has 2 aromatic rings. The van der Waals surface area contributed by atoms with Gasteiger partial charge in [-0.05, 0) is 46.0 Å². The van der Waals surface area contributed by atoms with E-state index >= 15 is 0 Å². The summed E-state index contributed by atoms with van der Waals surface area (Å²) in [5.74, 6) is -0.435. The minimum atomic E-state index is -3.76. The van der Waals surface area contributed by atoms with Crippen molar-refractivity contribution in [1.82, 2.24) is 10.2 Å². The van der Waals surface area contributed by atoms with Crippen molar-refractivity contribution in [2.24, 2.45) is 5.92 Å². The minimum Gasteiger partial charge on any atom is -0.354 e. The van der Waals surface area contributed by atoms with Gasteiger partial charge in [-0.25, -0.2) is 8.42 Å². The van der Waals surface area contributed by atoms with Crippen LogP contribution in [0.25, 0.3) is 0 Å². The lowest BCUT2D eigenvalue weighted by molar-refractivity contribution is -0.140. The van der Waals surface area contributed by atoms with Crippen LogP contribution in [0.15, 0.2) is 59.1 Å². The molecule has 9 heteroatoms. The number of halogens is 1. The lowest BCUT2D eigenvalue weighted by Gasteiger charge is -2.33. The fourth-order valence-corrected chi connectivity index (χ4v) is 4.85. The van der Waals surface area contributed by atoms with Crippen LogP contribution in [-0.4, -0.2) is 50.5 Å². The molecule has 0 aromatic heterocycles. The summed E-state index contributed by atoms with van der Waals surface area (Å²) in [4.78, 5) is 28.0. The van der Waals surface area contributed by atoms with Gasteiger partial charge in [0.1, 0.15) is 12.6 Å². The second-order valence-corrected chi connectivity index (χ2v) is 11.1. The highest BCUT2D eigenvalue weighted by Crippen LogP contribution is 2.28. The first-order valence-corrected chi connectivity index (χ1v) is 13.5. The van der Waals surface area contributed by atoms with E-state index in [-0.39, 0.29) is 18.4 Å². The third kappa shape index (κ3) is 7.85. The summed E-state index contributed by atoms with van der Waals surface area (Å²) in [6, 6.07) is 15.5. The second kappa shape index (κ2) is 12.2. The van der Waals surface area contributed by atoms with Crippen molar-refractivity contribution in [3.63, 3.8) is 0 Å². The Kier molecular flexibility index (Phi) is 9.91. The van der Waals surface area contributed by atoms with Crippen LogP contribution in [-0.2, 0) is 26.2 Å². The minimum absolute atomic E-state index is 0.195. The molecule has 33 heavy (non-hydrogen) atoms. The Hall–Kier alpha value is -2.39. The van der Waals surface area contributed by atoms with E-state index in [2.05, 4.69) is 21.2 Å². The van der Waals surface area contributed by atoms with Crippen molar-refractivity contribution in [2.75, 3.05) is 23.7 Å². The van der Waals surface area contributed by atoms with E-state index in [1.165, 1.54) is 4.90 Å². The van der Waals surface area contributed by atoms with Gasteiger partial charge in [0, 0.05) is 17.6 Å². The summed E-state index contributed by atoms with van der Waals surface area (Å²) < 4.78 is 26.8. The Morgan fingerprint density at radius 1 is 1.03 bits per heavy atom. The number of amides is 2. The molecular formula is C24H32BrN3O4S. The monoisotopic (exact) mass is 537 g/mol. The van der Waals surface area contributed by atoms with Gasteiger partial charge in [-0.3, -0.25) is 13.9 Å². The van der Waals surface area contributed by atoms with Gasteiger partial charge >= 0.3 is 0 Å². The molecule has 0 heterocycles. The number of nitrogens with zero attached hydrogens (tertiary/aromatic N) is 2. The second-order valence-electron chi connectivity index (χ2n) is 8.29. The number of benzene rings is 2. The fraction of sp³-hybridized carbons (Fsp3) is 0.417. The van der Waals surface area contributed by atoms with E-state index in [0.29, 0.717) is 23.1 Å². The third-order valence-electron chi connectivity index (χ3n) is 5.07. The molecule has 0 bridgehead atoms. The maximum Gasteiger partial charge on any atom is 0.244 e. The Bertz CT molecular complexity index is 1040. The fourth-order valence-electron chi connectivity index (χ4n) is 3.37. The first-order chi connectivity index (χ1) is 15.5. The maximum absolute atomic E-state index is 13.6. The van der Waals surface area contributed by atoms with E-state index in [0.717, 1.165) is 16.1 Å². The van der Waals surface area contributed by atoms with Crippen molar-refractivity contribution >= 4 is 43.5 Å². The van der Waals surface area contributed by atoms with Gasteiger partial charge in [0.15, 0.2) is 0 Å². The molecule has 1 N–H and O–H groups in total. The Balaban J connectivity index is 2.40. The molecule has 1 atom stereocenters. The van der Waals surface area contributed by atoms with Crippen molar-refractivity contribution < 1.29 is 18.0 Å². The van der Waals surface area contributed by atoms with Crippen LogP contribution in [0.5, 0.6) is 0 Å². The van der Waals surface area contributed by atoms with Crippen LogP contribution >= 0.6 is 15.9 Å².